The Kier molecular flexibility index (Phi) is 6.45. The summed E-state index contributed by atoms with van der Waals surface area (Å²) in [5.74, 6) is -0.879. The third kappa shape index (κ3) is 6.28. The third-order valence-electron chi connectivity index (χ3n) is 3.12. The monoisotopic (exact) mass is 385 g/mol. The van der Waals surface area contributed by atoms with Crippen molar-refractivity contribution in [2.45, 2.75) is 13.2 Å². The van der Waals surface area contributed by atoms with E-state index in [4.69, 9.17) is 4.74 Å². The molecule has 0 saturated heterocycles. The first kappa shape index (κ1) is 19.6. The van der Waals surface area contributed by atoms with Crippen molar-refractivity contribution in [3.8, 4) is 5.75 Å². The Hall–Kier alpha value is -2.75. The minimum Gasteiger partial charge on any atom is -0.482 e. The molecule has 26 heavy (non-hydrogen) atoms. The van der Waals surface area contributed by atoms with Crippen LogP contribution in [-0.4, -0.2) is 32.2 Å². The van der Waals surface area contributed by atoms with Gasteiger partial charge in [0.1, 0.15) is 18.2 Å². The summed E-state index contributed by atoms with van der Waals surface area (Å²) in [5, 5.41) is 2.54. The van der Waals surface area contributed by atoms with Gasteiger partial charge >= 0.3 is 0 Å². The Morgan fingerprint density at radius 1 is 1.27 bits per heavy atom. The van der Waals surface area contributed by atoms with Gasteiger partial charge in [-0.05, 0) is 29.8 Å². The van der Waals surface area contributed by atoms with Crippen molar-refractivity contribution in [1.29, 1.82) is 0 Å². The molecule has 0 aliphatic carbocycles. The minimum atomic E-state index is -3.58. The number of benzene rings is 1. The van der Waals surface area contributed by atoms with Crippen LogP contribution in [0.2, 0.25) is 0 Å². The van der Waals surface area contributed by atoms with Crippen LogP contribution in [0.3, 0.4) is 0 Å². The van der Waals surface area contributed by atoms with Crippen molar-refractivity contribution >= 4 is 21.6 Å². The molecule has 140 valence electrons. The Balaban J connectivity index is 1.83. The van der Waals surface area contributed by atoms with Gasteiger partial charge in [-0.3, -0.25) is 14.5 Å². The summed E-state index contributed by atoms with van der Waals surface area (Å²) in [6, 6.07) is 6.82. The van der Waals surface area contributed by atoms with Crippen LogP contribution in [-0.2, 0) is 28.0 Å². The molecule has 0 atom stereocenters. The average molecular weight is 385 g/mol. The second kappa shape index (κ2) is 8.56. The summed E-state index contributed by atoms with van der Waals surface area (Å²) in [6.07, 6.45) is 2.23. The number of ether oxygens (including phenoxy) is 1. The van der Waals surface area contributed by atoms with E-state index in [2.05, 4.69) is 10.3 Å². The number of aromatic nitrogens is 1. The molecule has 1 heterocycles. The lowest BCUT2D eigenvalue weighted by atomic mass is 10.2. The number of pyridine rings is 1. The number of amides is 1. The highest BCUT2D eigenvalue weighted by atomic mass is 32.2. The first-order valence-corrected chi connectivity index (χ1v) is 9.32. The first-order valence-electron chi connectivity index (χ1n) is 7.43. The average Bonchev–Trinajstić information content (AvgIpc) is 2.59. The predicted molar refractivity (Wildman–Crippen MR) is 91.3 cm³/mol. The summed E-state index contributed by atoms with van der Waals surface area (Å²) < 4.78 is 55.6. The lowest BCUT2D eigenvalue weighted by molar-refractivity contribution is -0.123. The van der Waals surface area contributed by atoms with Gasteiger partial charge < -0.3 is 10.1 Å². The number of rotatable bonds is 8. The highest BCUT2D eigenvalue weighted by Gasteiger charge is 2.09. The maximum absolute atomic E-state index is 13.8. The fourth-order valence-corrected chi connectivity index (χ4v) is 2.49. The Labute approximate surface area is 149 Å². The van der Waals surface area contributed by atoms with Crippen molar-refractivity contribution < 1.29 is 26.7 Å². The van der Waals surface area contributed by atoms with E-state index in [0.29, 0.717) is 11.3 Å². The molecule has 0 aliphatic heterocycles. The van der Waals surface area contributed by atoms with Gasteiger partial charge in [-0.15, -0.1) is 0 Å². The zero-order chi connectivity index (χ0) is 19.2. The molecule has 1 amide bonds. The number of carbonyl (C=O) groups is 1. The molecule has 2 N–H and O–H groups in total. The van der Waals surface area contributed by atoms with Crippen LogP contribution in [0.5, 0.6) is 5.75 Å². The van der Waals surface area contributed by atoms with Crippen molar-refractivity contribution in [3.05, 3.63) is 53.6 Å². The molecule has 2 rings (SSSR count). The van der Waals surface area contributed by atoms with E-state index in [1.807, 2.05) is 4.72 Å². The second-order valence-corrected chi connectivity index (χ2v) is 7.12. The normalized spacial score (nSPS) is 11.0. The van der Waals surface area contributed by atoms with Gasteiger partial charge in [0.15, 0.2) is 6.61 Å². The molecule has 1 aromatic carbocycles. The number of hydrogen-bond donors (Lipinski definition) is 2. The van der Waals surface area contributed by atoms with Gasteiger partial charge in [-0.1, -0.05) is 6.07 Å². The molecule has 0 unspecified atom stereocenters. The molecule has 0 aliphatic rings. The highest BCUT2D eigenvalue weighted by Crippen LogP contribution is 2.17. The molecular weight excluding hydrogens is 368 g/mol. The van der Waals surface area contributed by atoms with Gasteiger partial charge in [0, 0.05) is 6.54 Å². The fraction of sp³-hybridized carbons (Fsp3) is 0.250. The van der Waals surface area contributed by atoms with Crippen molar-refractivity contribution in [2.24, 2.45) is 0 Å². The number of nitrogens with zero attached hydrogens (tertiary/aromatic N) is 1. The van der Waals surface area contributed by atoms with Gasteiger partial charge in [0.2, 0.25) is 10.0 Å². The lowest BCUT2D eigenvalue weighted by Gasteiger charge is -2.09. The standard InChI is InChI=1S/C16H17F2N3O4S/c1-26(23,24)21-15-5-2-11(6-14(15)18)8-20-16(22)10-25-13-4-3-12(7-17)19-9-13/h2-6,9,21H,7-8,10H2,1H3,(H,20,22). The molecule has 1 aromatic heterocycles. The Morgan fingerprint density at radius 3 is 2.62 bits per heavy atom. The molecule has 0 saturated carbocycles. The zero-order valence-electron chi connectivity index (χ0n) is 13.8. The van der Waals surface area contributed by atoms with Crippen LogP contribution in [0.25, 0.3) is 0 Å². The lowest BCUT2D eigenvalue weighted by Crippen LogP contribution is -2.28. The van der Waals surface area contributed by atoms with Crippen LogP contribution >= 0.6 is 0 Å². The molecule has 7 nitrogen and oxygen atoms in total. The molecule has 2 aromatic rings. The minimum absolute atomic E-state index is 0.0390. The van der Waals surface area contributed by atoms with E-state index < -0.39 is 28.4 Å². The Morgan fingerprint density at radius 2 is 2.04 bits per heavy atom. The number of sulfonamides is 1. The van der Waals surface area contributed by atoms with Crippen molar-refractivity contribution in [3.63, 3.8) is 0 Å². The topological polar surface area (TPSA) is 97.4 Å². The number of carbonyl (C=O) groups excluding carboxylic acids is 1. The Bertz CT molecular complexity index is 874. The fourth-order valence-electron chi connectivity index (χ4n) is 1.93. The van der Waals surface area contributed by atoms with E-state index in [1.165, 1.54) is 30.5 Å². The van der Waals surface area contributed by atoms with E-state index in [-0.39, 0.29) is 24.5 Å². The first-order chi connectivity index (χ1) is 12.3. The molecule has 0 fully saturated rings. The van der Waals surface area contributed by atoms with E-state index in [9.17, 15) is 22.0 Å². The maximum Gasteiger partial charge on any atom is 0.258 e. The van der Waals surface area contributed by atoms with Gasteiger partial charge in [0.05, 0.1) is 23.8 Å². The maximum atomic E-state index is 13.8. The number of hydrogen-bond acceptors (Lipinski definition) is 5. The van der Waals surface area contributed by atoms with Crippen molar-refractivity contribution in [2.75, 3.05) is 17.6 Å². The highest BCUT2D eigenvalue weighted by molar-refractivity contribution is 7.92. The number of halogens is 2. The van der Waals surface area contributed by atoms with Crippen molar-refractivity contribution in [1.82, 2.24) is 10.3 Å². The SMILES string of the molecule is CS(=O)(=O)Nc1ccc(CNC(=O)COc2ccc(CF)nc2)cc1F. The quantitative estimate of drug-likeness (QED) is 0.722. The zero-order valence-corrected chi connectivity index (χ0v) is 14.6. The largest absolute Gasteiger partial charge is 0.482 e. The third-order valence-corrected chi connectivity index (χ3v) is 3.71. The molecular formula is C16H17F2N3O4S. The van der Waals surface area contributed by atoms with Crippen LogP contribution in [0.15, 0.2) is 36.5 Å². The van der Waals surface area contributed by atoms with Crippen LogP contribution in [0.4, 0.5) is 14.5 Å². The summed E-state index contributed by atoms with van der Waals surface area (Å²) in [5.41, 5.74) is 0.539. The van der Waals surface area contributed by atoms with E-state index in [1.54, 1.807) is 0 Å². The summed E-state index contributed by atoms with van der Waals surface area (Å²) in [6.45, 7) is -0.931. The van der Waals surface area contributed by atoms with Gasteiger partial charge in [-0.2, -0.15) is 0 Å². The van der Waals surface area contributed by atoms with E-state index >= 15 is 0 Å². The smallest absolute Gasteiger partial charge is 0.258 e. The predicted octanol–water partition coefficient (Wildman–Crippen LogP) is 1.76. The number of alkyl halides is 1. The van der Waals surface area contributed by atoms with Crippen LogP contribution in [0, 0.1) is 5.82 Å². The summed E-state index contributed by atoms with van der Waals surface area (Å²) >= 11 is 0. The van der Waals surface area contributed by atoms with Gasteiger partial charge in [-0.25, -0.2) is 17.2 Å². The number of nitrogens with one attached hydrogen (secondary N) is 2. The van der Waals surface area contributed by atoms with Crippen LogP contribution in [0.1, 0.15) is 11.3 Å². The molecule has 0 radical (unpaired) electrons. The summed E-state index contributed by atoms with van der Waals surface area (Å²) in [4.78, 5) is 15.5. The molecule has 0 bridgehead atoms. The van der Waals surface area contributed by atoms with E-state index in [0.717, 1.165) is 12.3 Å². The van der Waals surface area contributed by atoms with Crippen LogP contribution < -0.4 is 14.8 Å². The van der Waals surface area contributed by atoms with Gasteiger partial charge in [0.25, 0.3) is 5.91 Å². The number of anilines is 1. The molecule has 0 spiro atoms. The summed E-state index contributed by atoms with van der Waals surface area (Å²) in [7, 11) is -3.58. The molecule has 10 heteroatoms. The second-order valence-electron chi connectivity index (χ2n) is 5.37.